The standard InChI is InChI=1S/C10H6O6/c11-8-4-1-6-7(15-3-14-6)2-5(4)16-10(13)9(8)12/h1-2,11-12H,3H2. The normalized spacial score (nSPS) is 13.2. The van der Waals surface area contributed by atoms with Gasteiger partial charge in [-0.2, -0.15) is 0 Å². The summed E-state index contributed by atoms with van der Waals surface area (Å²) in [6.45, 7) is 0.0721. The molecule has 6 heteroatoms. The van der Waals surface area contributed by atoms with Crippen LogP contribution in [0.4, 0.5) is 0 Å². The number of aromatic hydroxyl groups is 2. The molecule has 0 saturated heterocycles. The van der Waals surface area contributed by atoms with E-state index in [1.54, 1.807) is 0 Å². The lowest BCUT2D eigenvalue weighted by Crippen LogP contribution is -1.97. The molecule has 0 atom stereocenters. The van der Waals surface area contributed by atoms with Gasteiger partial charge in [-0.25, -0.2) is 4.79 Å². The van der Waals surface area contributed by atoms with Crippen LogP contribution in [0.2, 0.25) is 0 Å². The van der Waals surface area contributed by atoms with Crippen LogP contribution in [0.25, 0.3) is 11.0 Å². The van der Waals surface area contributed by atoms with E-state index in [-0.39, 0.29) is 17.8 Å². The minimum atomic E-state index is -0.996. The van der Waals surface area contributed by atoms with Crippen molar-refractivity contribution in [3.05, 3.63) is 22.6 Å². The molecule has 2 N–H and O–H groups in total. The van der Waals surface area contributed by atoms with Crippen LogP contribution in [-0.2, 0) is 0 Å². The van der Waals surface area contributed by atoms with Gasteiger partial charge in [-0.15, -0.1) is 0 Å². The largest absolute Gasteiger partial charge is 0.504 e. The molecule has 6 nitrogen and oxygen atoms in total. The van der Waals surface area contributed by atoms with E-state index in [4.69, 9.17) is 13.9 Å². The molecule has 1 aliphatic rings. The number of fused-ring (bicyclic) bond motifs is 2. The van der Waals surface area contributed by atoms with Crippen molar-refractivity contribution in [2.45, 2.75) is 0 Å². The van der Waals surface area contributed by atoms with E-state index in [0.717, 1.165) is 0 Å². The monoisotopic (exact) mass is 222 g/mol. The van der Waals surface area contributed by atoms with Gasteiger partial charge in [0, 0.05) is 6.07 Å². The predicted molar refractivity (Wildman–Crippen MR) is 51.9 cm³/mol. The molecule has 82 valence electrons. The Morgan fingerprint density at radius 2 is 1.75 bits per heavy atom. The van der Waals surface area contributed by atoms with Crippen molar-refractivity contribution >= 4 is 11.0 Å². The minimum absolute atomic E-state index is 0.0721. The zero-order valence-corrected chi connectivity index (χ0v) is 7.89. The molecule has 2 aromatic rings. The summed E-state index contributed by atoms with van der Waals surface area (Å²) in [7, 11) is 0. The van der Waals surface area contributed by atoms with E-state index in [0.29, 0.717) is 11.5 Å². The number of benzene rings is 1. The van der Waals surface area contributed by atoms with Crippen molar-refractivity contribution in [2.24, 2.45) is 0 Å². The molecule has 16 heavy (non-hydrogen) atoms. The fourth-order valence-electron chi connectivity index (χ4n) is 1.57. The quantitative estimate of drug-likeness (QED) is 0.644. The highest BCUT2D eigenvalue weighted by atomic mass is 16.7. The SMILES string of the molecule is O=c1oc2cc3c(cc2c(O)c1O)OCO3. The topological polar surface area (TPSA) is 89.1 Å². The molecule has 2 heterocycles. The Balaban J connectivity index is 2.45. The van der Waals surface area contributed by atoms with Crippen molar-refractivity contribution in [3.63, 3.8) is 0 Å². The third-order valence-electron chi connectivity index (χ3n) is 2.35. The Hall–Kier alpha value is -2.37. The first-order chi connectivity index (χ1) is 7.66. The van der Waals surface area contributed by atoms with Gasteiger partial charge in [-0.3, -0.25) is 0 Å². The van der Waals surface area contributed by atoms with E-state index in [1.807, 2.05) is 0 Å². The number of rotatable bonds is 0. The summed E-state index contributed by atoms with van der Waals surface area (Å²) >= 11 is 0. The number of ether oxygens (including phenoxy) is 2. The fourth-order valence-corrected chi connectivity index (χ4v) is 1.57. The molecule has 1 aliphatic heterocycles. The maximum Gasteiger partial charge on any atom is 0.382 e. The zero-order valence-electron chi connectivity index (χ0n) is 7.89. The van der Waals surface area contributed by atoms with Crippen LogP contribution < -0.4 is 15.1 Å². The number of hydrogen-bond donors (Lipinski definition) is 2. The van der Waals surface area contributed by atoms with E-state index in [9.17, 15) is 15.0 Å². The van der Waals surface area contributed by atoms with Crippen molar-refractivity contribution in [1.29, 1.82) is 0 Å². The van der Waals surface area contributed by atoms with Crippen molar-refractivity contribution < 1.29 is 24.1 Å². The molecule has 3 rings (SSSR count). The highest BCUT2D eigenvalue weighted by Crippen LogP contribution is 2.40. The Kier molecular flexibility index (Phi) is 1.57. The average Bonchev–Trinajstić information content (AvgIpc) is 2.71. The van der Waals surface area contributed by atoms with Gasteiger partial charge >= 0.3 is 5.63 Å². The molecular formula is C10H6O6. The first kappa shape index (κ1) is 8.90. The van der Waals surface area contributed by atoms with E-state index in [2.05, 4.69) is 0 Å². The zero-order chi connectivity index (χ0) is 11.3. The average molecular weight is 222 g/mol. The van der Waals surface area contributed by atoms with Gasteiger partial charge in [0.1, 0.15) is 5.58 Å². The van der Waals surface area contributed by atoms with Gasteiger partial charge in [0.15, 0.2) is 17.2 Å². The first-order valence-corrected chi connectivity index (χ1v) is 4.45. The first-order valence-electron chi connectivity index (χ1n) is 4.45. The second-order valence-corrected chi connectivity index (χ2v) is 3.29. The molecule has 0 radical (unpaired) electrons. The Bertz CT molecular complexity index is 642. The van der Waals surface area contributed by atoms with Gasteiger partial charge in [0.05, 0.1) is 5.39 Å². The fraction of sp³-hybridized carbons (Fsp3) is 0.100. The maximum atomic E-state index is 11.1. The van der Waals surface area contributed by atoms with Crippen molar-refractivity contribution in [2.75, 3.05) is 6.79 Å². The van der Waals surface area contributed by atoms with Crippen molar-refractivity contribution in [3.8, 4) is 23.0 Å². The van der Waals surface area contributed by atoms with Crippen LogP contribution in [-0.4, -0.2) is 17.0 Å². The van der Waals surface area contributed by atoms with E-state index in [1.165, 1.54) is 12.1 Å². The smallest absolute Gasteiger partial charge is 0.382 e. The summed E-state index contributed by atoms with van der Waals surface area (Å²) < 4.78 is 15.0. The van der Waals surface area contributed by atoms with Gasteiger partial charge in [-0.05, 0) is 6.07 Å². The maximum absolute atomic E-state index is 11.1. The minimum Gasteiger partial charge on any atom is -0.504 e. The summed E-state index contributed by atoms with van der Waals surface area (Å²) in [5.41, 5.74) is -0.867. The summed E-state index contributed by atoms with van der Waals surface area (Å²) in [6, 6.07) is 2.87. The second-order valence-electron chi connectivity index (χ2n) is 3.29. The van der Waals surface area contributed by atoms with Crippen molar-refractivity contribution in [1.82, 2.24) is 0 Å². The van der Waals surface area contributed by atoms with E-state index < -0.39 is 17.1 Å². The van der Waals surface area contributed by atoms with Crippen LogP contribution in [0.15, 0.2) is 21.3 Å². The molecular weight excluding hydrogens is 216 g/mol. The van der Waals surface area contributed by atoms with Crippen LogP contribution in [0.3, 0.4) is 0 Å². The lowest BCUT2D eigenvalue weighted by molar-refractivity contribution is 0.174. The van der Waals surface area contributed by atoms with Crippen LogP contribution in [0.5, 0.6) is 23.0 Å². The molecule has 1 aromatic carbocycles. The lowest BCUT2D eigenvalue weighted by Gasteiger charge is -2.02. The molecule has 0 amide bonds. The third-order valence-corrected chi connectivity index (χ3v) is 2.35. The Morgan fingerprint density at radius 3 is 2.50 bits per heavy atom. The number of hydrogen-bond acceptors (Lipinski definition) is 6. The molecule has 0 saturated carbocycles. The van der Waals surface area contributed by atoms with Crippen LogP contribution >= 0.6 is 0 Å². The molecule has 0 spiro atoms. The van der Waals surface area contributed by atoms with Gasteiger partial charge in [-0.1, -0.05) is 0 Å². The summed E-state index contributed by atoms with van der Waals surface area (Å²) in [5, 5.41) is 19.0. The highest BCUT2D eigenvalue weighted by molar-refractivity contribution is 5.88. The van der Waals surface area contributed by atoms with Gasteiger partial charge in [0.25, 0.3) is 0 Å². The van der Waals surface area contributed by atoms with Gasteiger partial charge < -0.3 is 24.1 Å². The summed E-state index contributed by atoms with van der Waals surface area (Å²) in [6.07, 6.45) is 0. The van der Waals surface area contributed by atoms with E-state index >= 15 is 0 Å². The van der Waals surface area contributed by atoms with Crippen LogP contribution in [0, 0.1) is 0 Å². The second kappa shape index (κ2) is 2.82. The third kappa shape index (κ3) is 1.04. The van der Waals surface area contributed by atoms with Gasteiger partial charge in [0.2, 0.25) is 12.5 Å². The highest BCUT2D eigenvalue weighted by Gasteiger charge is 2.19. The summed E-state index contributed by atoms with van der Waals surface area (Å²) in [4.78, 5) is 11.1. The Labute approximate surface area is 88.3 Å². The molecule has 0 unspecified atom stereocenters. The molecule has 0 fully saturated rings. The molecule has 0 aliphatic carbocycles. The summed E-state index contributed by atoms with van der Waals surface area (Å²) in [5.74, 6) is -0.479. The molecule has 1 aromatic heterocycles. The predicted octanol–water partition coefficient (Wildman–Crippen LogP) is 0.933. The molecule has 0 bridgehead atoms. The lowest BCUT2D eigenvalue weighted by atomic mass is 10.2. The Morgan fingerprint density at radius 1 is 1.06 bits per heavy atom. The van der Waals surface area contributed by atoms with Crippen LogP contribution in [0.1, 0.15) is 0 Å².